The molecule has 102 valence electrons. The van der Waals surface area contributed by atoms with E-state index in [0.717, 1.165) is 6.07 Å². The molecule has 0 aromatic heterocycles. The predicted molar refractivity (Wildman–Crippen MR) is 68.6 cm³/mol. The Morgan fingerprint density at radius 1 is 1.39 bits per heavy atom. The highest BCUT2D eigenvalue weighted by Crippen LogP contribution is 2.25. The maximum atomic E-state index is 13.4. The summed E-state index contributed by atoms with van der Waals surface area (Å²) in [5.74, 6) is -2.05. The third-order valence-corrected chi connectivity index (χ3v) is 2.78. The van der Waals surface area contributed by atoms with Gasteiger partial charge in [0.15, 0.2) is 11.6 Å². The number of ether oxygens (including phenoxy) is 2. The molecule has 0 aliphatic carbocycles. The summed E-state index contributed by atoms with van der Waals surface area (Å²) in [6.45, 7) is 3.01. The molecule has 0 aliphatic heterocycles. The fraction of sp³-hybridized carbons (Fsp3) is 0.500. The van der Waals surface area contributed by atoms with Gasteiger partial charge in [-0.2, -0.15) is 4.39 Å². The average Bonchev–Trinajstić information content (AvgIpc) is 2.33. The first-order valence-electron chi connectivity index (χ1n) is 5.67. The van der Waals surface area contributed by atoms with Crippen molar-refractivity contribution in [2.75, 3.05) is 19.8 Å². The average molecular weight is 324 g/mol. The molecule has 0 saturated carbocycles. The van der Waals surface area contributed by atoms with Crippen LogP contribution in [0.2, 0.25) is 0 Å². The van der Waals surface area contributed by atoms with Crippen molar-refractivity contribution in [3.05, 3.63) is 28.2 Å². The molecule has 1 aromatic carbocycles. The lowest BCUT2D eigenvalue weighted by molar-refractivity contribution is 0.0522. The van der Waals surface area contributed by atoms with Crippen molar-refractivity contribution >= 4 is 15.9 Å². The number of benzene rings is 1. The van der Waals surface area contributed by atoms with E-state index in [9.17, 15) is 8.78 Å². The summed E-state index contributed by atoms with van der Waals surface area (Å²) < 4.78 is 37.4. The normalized spacial score (nSPS) is 12.5. The Hall–Kier alpha value is -0.720. The lowest BCUT2D eigenvalue weighted by Gasteiger charge is -2.15. The van der Waals surface area contributed by atoms with E-state index < -0.39 is 11.6 Å². The first-order chi connectivity index (χ1) is 8.58. The third kappa shape index (κ3) is 4.51. The monoisotopic (exact) mass is 323 g/mol. The lowest BCUT2D eigenvalue weighted by Crippen LogP contribution is -2.25. The fourth-order valence-electron chi connectivity index (χ4n) is 1.44. The van der Waals surface area contributed by atoms with Gasteiger partial charge in [-0.15, -0.1) is 0 Å². The Morgan fingerprint density at radius 3 is 2.72 bits per heavy atom. The van der Waals surface area contributed by atoms with Gasteiger partial charge in [0.05, 0.1) is 12.7 Å². The highest BCUT2D eigenvalue weighted by atomic mass is 79.9. The van der Waals surface area contributed by atoms with E-state index in [1.807, 2.05) is 6.92 Å². The fourth-order valence-corrected chi connectivity index (χ4v) is 1.85. The van der Waals surface area contributed by atoms with Crippen molar-refractivity contribution in [1.29, 1.82) is 0 Å². The highest BCUT2D eigenvalue weighted by Gasteiger charge is 2.12. The molecule has 2 N–H and O–H groups in total. The van der Waals surface area contributed by atoms with E-state index >= 15 is 0 Å². The molecular weight excluding hydrogens is 308 g/mol. The van der Waals surface area contributed by atoms with Gasteiger partial charge >= 0.3 is 0 Å². The van der Waals surface area contributed by atoms with Crippen molar-refractivity contribution in [2.45, 2.75) is 19.4 Å². The molecule has 18 heavy (non-hydrogen) atoms. The molecule has 6 heteroatoms. The maximum absolute atomic E-state index is 13.4. The Morgan fingerprint density at radius 2 is 2.11 bits per heavy atom. The van der Waals surface area contributed by atoms with Gasteiger partial charge in [0, 0.05) is 24.0 Å². The largest absolute Gasteiger partial charge is 0.490 e. The summed E-state index contributed by atoms with van der Waals surface area (Å²) in [7, 11) is 0. The molecule has 0 saturated heterocycles. The Balaban J connectivity index is 2.53. The number of hydrogen-bond acceptors (Lipinski definition) is 3. The molecule has 0 heterocycles. The van der Waals surface area contributed by atoms with Crippen LogP contribution in [-0.2, 0) is 4.74 Å². The van der Waals surface area contributed by atoms with Crippen LogP contribution in [0.15, 0.2) is 16.6 Å². The second kappa shape index (κ2) is 7.66. The number of hydrogen-bond donors (Lipinski definition) is 1. The highest BCUT2D eigenvalue weighted by molar-refractivity contribution is 9.10. The molecule has 1 rings (SSSR count). The summed E-state index contributed by atoms with van der Waals surface area (Å²) >= 11 is 3.08. The molecule has 0 amide bonds. The number of nitrogens with two attached hydrogens (primary N) is 1. The number of halogens is 3. The van der Waals surface area contributed by atoms with Crippen LogP contribution in [-0.4, -0.2) is 25.9 Å². The summed E-state index contributed by atoms with van der Waals surface area (Å²) in [6.07, 6.45) is 0.396. The standard InChI is InChI=1S/C12H16BrF2NO2/c1-2-17-9(7-16)3-4-18-11-6-8(13)5-10(14)12(11)15/h5-6,9H,2-4,7,16H2,1H3. The van der Waals surface area contributed by atoms with Crippen LogP contribution in [0.25, 0.3) is 0 Å². The van der Waals surface area contributed by atoms with Crippen molar-refractivity contribution in [3.63, 3.8) is 0 Å². The van der Waals surface area contributed by atoms with Crippen molar-refractivity contribution in [1.82, 2.24) is 0 Å². The summed E-state index contributed by atoms with van der Waals surface area (Å²) in [6, 6.07) is 2.43. The van der Waals surface area contributed by atoms with Gasteiger partial charge in [0.25, 0.3) is 0 Å². The van der Waals surface area contributed by atoms with Crippen LogP contribution in [0.3, 0.4) is 0 Å². The smallest absolute Gasteiger partial charge is 0.200 e. The van der Waals surface area contributed by atoms with E-state index in [2.05, 4.69) is 15.9 Å². The van der Waals surface area contributed by atoms with Gasteiger partial charge < -0.3 is 15.2 Å². The van der Waals surface area contributed by atoms with Gasteiger partial charge in [0.1, 0.15) is 0 Å². The minimum atomic E-state index is -0.987. The molecule has 1 atom stereocenters. The van der Waals surface area contributed by atoms with Gasteiger partial charge in [0.2, 0.25) is 5.82 Å². The first kappa shape index (κ1) is 15.3. The molecule has 1 aromatic rings. The predicted octanol–water partition coefficient (Wildman–Crippen LogP) is 2.86. The van der Waals surface area contributed by atoms with Gasteiger partial charge in [-0.1, -0.05) is 15.9 Å². The summed E-state index contributed by atoms with van der Waals surface area (Å²) in [5, 5.41) is 0. The Bertz CT molecular complexity index is 391. The molecule has 0 spiro atoms. The van der Waals surface area contributed by atoms with E-state index in [-0.39, 0.29) is 18.5 Å². The van der Waals surface area contributed by atoms with Crippen molar-refractivity contribution < 1.29 is 18.3 Å². The molecular formula is C12H16BrF2NO2. The zero-order valence-corrected chi connectivity index (χ0v) is 11.7. The zero-order valence-electron chi connectivity index (χ0n) is 10.1. The van der Waals surface area contributed by atoms with Crippen LogP contribution in [0, 0.1) is 11.6 Å². The molecule has 1 unspecified atom stereocenters. The van der Waals surface area contributed by atoms with Gasteiger partial charge in [-0.25, -0.2) is 4.39 Å². The summed E-state index contributed by atoms with van der Waals surface area (Å²) in [4.78, 5) is 0. The first-order valence-corrected chi connectivity index (χ1v) is 6.46. The minimum absolute atomic E-state index is 0.117. The topological polar surface area (TPSA) is 44.5 Å². The van der Waals surface area contributed by atoms with Gasteiger partial charge in [-0.05, 0) is 19.1 Å². The van der Waals surface area contributed by atoms with E-state index in [1.165, 1.54) is 6.07 Å². The van der Waals surface area contributed by atoms with Crippen LogP contribution in [0.1, 0.15) is 13.3 Å². The van der Waals surface area contributed by atoms with Crippen molar-refractivity contribution in [3.8, 4) is 5.75 Å². The van der Waals surface area contributed by atoms with Crippen molar-refractivity contribution in [2.24, 2.45) is 5.73 Å². The van der Waals surface area contributed by atoms with Gasteiger partial charge in [-0.3, -0.25) is 0 Å². The lowest BCUT2D eigenvalue weighted by atomic mass is 10.2. The molecule has 0 bridgehead atoms. The van der Waals surface area contributed by atoms with Crippen LogP contribution < -0.4 is 10.5 Å². The Labute approximate surface area is 113 Å². The molecule has 3 nitrogen and oxygen atoms in total. The minimum Gasteiger partial charge on any atom is -0.490 e. The molecule has 0 aliphatic rings. The summed E-state index contributed by atoms with van der Waals surface area (Å²) in [5.41, 5.74) is 5.49. The van der Waals surface area contributed by atoms with E-state index in [1.54, 1.807) is 0 Å². The SMILES string of the molecule is CCOC(CN)CCOc1cc(Br)cc(F)c1F. The van der Waals surface area contributed by atoms with Crippen LogP contribution in [0.5, 0.6) is 5.75 Å². The zero-order chi connectivity index (χ0) is 13.5. The quantitative estimate of drug-likeness (QED) is 0.785. The van der Waals surface area contributed by atoms with E-state index in [4.69, 9.17) is 15.2 Å². The molecule has 0 radical (unpaired) electrons. The number of rotatable bonds is 7. The van der Waals surface area contributed by atoms with Crippen LogP contribution >= 0.6 is 15.9 Å². The maximum Gasteiger partial charge on any atom is 0.200 e. The van der Waals surface area contributed by atoms with Crippen LogP contribution in [0.4, 0.5) is 8.78 Å². The Kier molecular flexibility index (Phi) is 6.52. The second-order valence-electron chi connectivity index (χ2n) is 3.65. The third-order valence-electron chi connectivity index (χ3n) is 2.32. The van der Waals surface area contributed by atoms with E-state index in [0.29, 0.717) is 24.0 Å². The molecule has 0 fully saturated rings. The second-order valence-corrected chi connectivity index (χ2v) is 4.57.